The number of primary amides is 1. The zero-order chi connectivity index (χ0) is 11.2. The van der Waals surface area contributed by atoms with E-state index in [0.29, 0.717) is 0 Å². The fourth-order valence-corrected chi connectivity index (χ4v) is 1.27. The van der Waals surface area contributed by atoms with Gasteiger partial charge in [0, 0.05) is 6.61 Å². The largest absolute Gasteiger partial charge is 0.443 e. The highest BCUT2D eigenvalue weighted by molar-refractivity contribution is 5.65. The maximum atomic E-state index is 10.6. The van der Waals surface area contributed by atoms with Crippen LogP contribution in [-0.2, 0) is 4.74 Å². The van der Waals surface area contributed by atoms with Crippen LogP contribution in [0.15, 0.2) is 0 Å². The van der Waals surface area contributed by atoms with E-state index >= 15 is 0 Å². The molecule has 0 rings (SSSR count). The highest BCUT2D eigenvalue weighted by atomic mass is 16.6. The van der Waals surface area contributed by atoms with Crippen LogP contribution in [0, 0.1) is 5.92 Å². The minimum atomic E-state index is -0.732. The Morgan fingerprint density at radius 3 is 2.50 bits per heavy atom. The minimum Gasteiger partial charge on any atom is -0.443 e. The van der Waals surface area contributed by atoms with E-state index in [1.165, 1.54) is 0 Å². The van der Waals surface area contributed by atoms with Crippen molar-refractivity contribution in [2.45, 2.75) is 45.6 Å². The number of unbranched alkanes of at least 4 members (excludes halogenated alkanes) is 1. The van der Waals surface area contributed by atoms with Crippen LogP contribution in [-0.4, -0.2) is 23.4 Å². The first-order chi connectivity index (χ1) is 6.40. The van der Waals surface area contributed by atoms with Crippen LogP contribution in [0.3, 0.4) is 0 Å². The van der Waals surface area contributed by atoms with Crippen LogP contribution >= 0.6 is 0 Å². The molecule has 0 aromatic rings. The Hall–Kier alpha value is -0.770. The number of carbonyl (C=O) groups excluding carboxylic acids is 1. The molecule has 0 spiro atoms. The number of amides is 1. The summed E-state index contributed by atoms with van der Waals surface area (Å²) in [4.78, 5) is 10.6. The Labute approximate surface area is 85.4 Å². The molecule has 0 aliphatic rings. The van der Waals surface area contributed by atoms with E-state index in [1.54, 1.807) is 0 Å². The lowest BCUT2D eigenvalue weighted by Crippen LogP contribution is -2.37. The van der Waals surface area contributed by atoms with E-state index in [9.17, 15) is 4.79 Å². The zero-order valence-electron chi connectivity index (χ0n) is 9.25. The first kappa shape index (κ1) is 13.2. The maximum Gasteiger partial charge on any atom is 0.405 e. The van der Waals surface area contributed by atoms with E-state index < -0.39 is 11.7 Å². The highest BCUT2D eigenvalue weighted by Crippen LogP contribution is 2.25. The van der Waals surface area contributed by atoms with Gasteiger partial charge in [-0.05, 0) is 32.6 Å². The number of ether oxygens (including phenoxy) is 1. The molecule has 4 heteroatoms. The van der Waals surface area contributed by atoms with Crippen molar-refractivity contribution in [2.24, 2.45) is 11.7 Å². The molecule has 0 aromatic heterocycles. The summed E-state index contributed by atoms with van der Waals surface area (Å²) in [7, 11) is 0. The Kier molecular flexibility index (Phi) is 5.53. The summed E-state index contributed by atoms with van der Waals surface area (Å²) in [6.07, 6.45) is 1.91. The second-order valence-electron chi connectivity index (χ2n) is 4.14. The molecule has 0 saturated heterocycles. The summed E-state index contributed by atoms with van der Waals surface area (Å²) in [5.41, 5.74) is 4.44. The molecule has 0 radical (unpaired) electrons. The second-order valence-corrected chi connectivity index (χ2v) is 4.14. The van der Waals surface area contributed by atoms with Crippen LogP contribution in [0.5, 0.6) is 0 Å². The van der Waals surface area contributed by atoms with Crippen molar-refractivity contribution in [2.75, 3.05) is 6.61 Å². The first-order valence-electron chi connectivity index (χ1n) is 4.99. The third kappa shape index (κ3) is 5.07. The minimum absolute atomic E-state index is 0.212. The SMILES string of the molecule is CC(CCCCO)C(C)(C)OC(N)=O. The summed E-state index contributed by atoms with van der Waals surface area (Å²) >= 11 is 0. The summed E-state index contributed by atoms with van der Waals surface area (Å²) in [5.74, 6) is 0.238. The molecule has 0 bridgehead atoms. The summed E-state index contributed by atoms with van der Waals surface area (Å²) in [6, 6.07) is 0. The molecule has 3 N–H and O–H groups in total. The molecule has 0 fully saturated rings. The smallest absolute Gasteiger partial charge is 0.405 e. The molecular weight excluding hydrogens is 182 g/mol. The second kappa shape index (κ2) is 5.86. The van der Waals surface area contributed by atoms with Gasteiger partial charge in [-0.15, -0.1) is 0 Å². The van der Waals surface area contributed by atoms with Crippen molar-refractivity contribution in [3.8, 4) is 0 Å². The number of nitrogens with two attached hydrogens (primary N) is 1. The molecule has 0 saturated carbocycles. The topological polar surface area (TPSA) is 72.6 Å². The number of carbonyl (C=O) groups is 1. The monoisotopic (exact) mass is 203 g/mol. The Bertz CT molecular complexity index is 180. The summed E-state index contributed by atoms with van der Waals surface area (Å²) < 4.78 is 5.01. The first-order valence-corrected chi connectivity index (χ1v) is 4.99. The Morgan fingerprint density at radius 1 is 1.50 bits per heavy atom. The molecule has 1 amide bonds. The molecule has 84 valence electrons. The molecule has 0 heterocycles. The lowest BCUT2D eigenvalue weighted by molar-refractivity contribution is 0.000914. The van der Waals surface area contributed by atoms with Crippen molar-refractivity contribution in [3.05, 3.63) is 0 Å². The summed E-state index contributed by atoms with van der Waals surface area (Å²) in [6.45, 7) is 5.92. The lowest BCUT2D eigenvalue weighted by Gasteiger charge is -2.30. The standard InChI is InChI=1S/C10H21NO3/c1-8(6-4-5-7-12)10(2,3)14-9(11)13/h8,12H,4-7H2,1-3H3,(H2,11,13). The van der Waals surface area contributed by atoms with E-state index in [2.05, 4.69) is 0 Å². The van der Waals surface area contributed by atoms with Crippen molar-refractivity contribution in [1.82, 2.24) is 0 Å². The predicted molar refractivity (Wildman–Crippen MR) is 54.8 cm³/mol. The average Bonchev–Trinajstić information content (AvgIpc) is 2.02. The highest BCUT2D eigenvalue weighted by Gasteiger charge is 2.28. The summed E-state index contributed by atoms with van der Waals surface area (Å²) in [5, 5.41) is 8.62. The van der Waals surface area contributed by atoms with Gasteiger partial charge in [0.1, 0.15) is 5.60 Å². The van der Waals surface area contributed by atoms with Crippen LogP contribution in [0.2, 0.25) is 0 Å². The Balaban J connectivity index is 3.93. The Morgan fingerprint density at radius 2 is 2.07 bits per heavy atom. The molecule has 0 aromatic carbocycles. The van der Waals surface area contributed by atoms with Gasteiger partial charge in [0.15, 0.2) is 0 Å². The quantitative estimate of drug-likeness (QED) is 0.645. The molecule has 14 heavy (non-hydrogen) atoms. The van der Waals surface area contributed by atoms with E-state index in [0.717, 1.165) is 19.3 Å². The average molecular weight is 203 g/mol. The van der Waals surface area contributed by atoms with Gasteiger partial charge < -0.3 is 15.6 Å². The molecule has 0 aliphatic carbocycles. The molecule has 0 aliphatic heterocycles. The number of aliphatic hydroxyl groups is 1. The third-order valence-corrected chi connectivity index (χ3v) is 2.60. The van der Waals surface area contributed by atoms with Gasteiger partial charge in [0.2, 0.25) is 0 Å². The van der Waals surface area contributed by atoms with Gasteiger partial charge >= 0.3 is 6.09 Å². The fraction of sp³-hybridized carbons (Fsp3) is 0.900. The van der Waals surface area contributed by atoms with Gasteiger partial charge in [-0.1, -0.05) is 13.3 Å². The molecular formula is C10H21NO3. The van der Waals surface area contributed by atoms with Crippen LogP contribution in [0.25, 0.3) is 0 Å². The number of hydrogen-bond donors (Lipinski definition) is 2. The molecule has 1 atom stereocenters. The van der Waals surface area contributed by atoms with Gasteiger partial charge in [0.25, 0.3) is 0 Å². The van der Waals surface area contributed by atoms with Crippen molar-refractivity contribution < 1.29 is 14.6 Å². The van der Waals surface area contributed by atoms with Crippen LogP contribution < -0.4 is 5.73 Å². The number of rotatable bonds is 6. The molecule has 4 nitrogen and oxygen atoms in total. The zero-order valence-corrected chi connectivity index (χ0v) is 9.25. The maximum absolute atomic E-state index is 10.6. The lowest BCUT2D eigenvalue weighted by atomic mass is 9.88. The normalized spacial score (nSPS) is 13.7. The van der Waals surface area contributed by atoms with Crippen molar-refractivity contribution >= 4 is 6.09 Å². The van der Waals surface area contributed by atoms with Gasteiger partial charge in [-0.2, -0.15) is 0 Å². The van der Waals surface area contributed by atoms with Crippen molar-refractivity contribution in [1.29, 1.82) is 0 Å². The van der Waals surface area contributed by atoms with E-state index in [1.807, 2.05) is 20.8 Å². The van der Waals surface area contributed by atoms with Gasteiger partial charge in [0.05, 0.1) is 0 Å². The van der Waals surface area contributed by atoms with Crippen molar-refractivity contribution in [3.63, 3.8) is 0 Å². The predicted octanol–water partition coefficient (Wildman–Crippen LogP) is 1.66. The van der Waals surface area contributed by atoms with Gasteiger partial charge in [-0.3, -0.25) is 0 Å². The number of hydrogen-bond acceptors (Lipinski definition) is 3. The van der Waals surface area contributed by atoms with Gasteiger partial charge in [-0.25, -0.2) is 4.79 Å². The fourth-order valence-electron chi connectivity index (χ4n) is 1.27. The molecule has 1 unspecified atom stereocenters. The van der Waals surface area contributed by atoms with E-state index in [4.69, 9.17) is 15.6 Å². The number of aliphatic hydroxyl groups excluding tert-OH is 1. The third-order valence-electron chi connectivity index (χ3n) is 2.60. The van der Waals surface area contributed by atoms with E-state index in [-0.39, 0.29) is 12.5 Å². The van der Waals surface area contributed by atoms with Crippen LogP contribution in [0.4, 0.5) is 4.79 Å². The van der Waals surface area contributed by atoms with Crippen LogP contribution in [0.1, 0.15) is 40.0 Å².